The highest BCUT2D eigenvalue weighted by Gasteiger charge is 2.22. The van der Waals surface area contributed by atoms with E-state index >= 15 is 0 Å². The first-order valence-corrected chi connectivity index (χ1v) is 9.58. The Morgan fingerprint density at radius 2 is 2.20 bits per heavy atom. The summed E-state index contributed by atoms with van der Waals surface area (Å²) in [6.07, 6.45) is 2.63. The zero-order valence-electron chi connectivity index (χ0n) is 11.2. The van der Waals surface area contributed by atoms with Crippen molar-refractivity contribution in [2.75, 3.05) is 12.0 Å². The van der Waals surface area contributed by atoms with Crippen molar-refractivity contribution >= 4 is 50.6 Å². The second kappa shape index (κ2) is 7.61. The number of halogens is 1. The number of sulfonamides is 1. The summed E-state index contributed by atoms with van der Waals surface area (Å²) in [6.45, 7) is 1.93. The van der Waals surface area contributed by atoms with Crippen LogP contribution in [0.25, 0.3) is 0 Å². The number of hydrogen-bond acceptors (Lipinski definition) is 4. The first-order valence-electron chi connectivity index (χ1n) is 5.92. The molecule has 0 saturated carbocycles. The van der Waals surface area contributed by atoms with Crippen LogP contribution in [0, 0.1) is 0 Å². The SMILES string of the molecule is CCC(CSC)NS(=O)(=O)c1cc(C(N)=S)ccc1Cl. The van der Waals surface area contributed by atoms with E-state index in [2.05, 4.69) is 4.72 Å². The van der Waals surface area contributed by atoms with Gasteiger partial charge in [0.05, 0.1) is 5.02 Å². The summed E-state index contributed by atoms with van der Waals surface area (Å²) in [4.78, 5) is 0.137. The molecule has 0 bridgehead atoms. The van der Waals surface area contributed by atoms with Gasteiger partial charge in [0.15, 0.2) is 0 Å². The van der Waals surface area contributed by atoms with Gasteiger partial charge in [0.25, 0.3) is 0 Å². The quantitative estimate of drug-likeness (QED) is 0.737. The van der Waals surface area contributed by atoms with E-state index in [4.69, 9.17) is 29.6 Å². The molecule has 8 heteroatoms. The summed E-state index contributed by atoms with van der Waals surface area (Å²) in [5.74, 6) is 0.697. The molecule has 1 aromatic carbocycles. The number of nitrogens with two attached hydrogens (primary N) is 1. The fourth-order valence-electron chi connectivity index (χ4n) is 1.58. The molecule has 0 fully saturated rings. The Morgan fingerprint density at radius 1 is 1.55 bits per heavy atom. The Bertz CT molecular complexity index is 590. The number of thiocarbonyl (C=S) groups is 1. The van der Waals surface area contributed by atoms with Crippen LogP contribution in [0.15, 0.2) is 23.1 Å². The normalized spacial score (nSPS) is 13.2. The van der Waals surface area contributed by atoms with Crippen molar-refractivity contribution in [2.45, 2.75) is 24.3 Å². The molecular formula is C12H17ClN2O2S3. The van der Waals surface area contributed by atoms with Gasteiger partial charge < -0.3 is 5.73 Å². The van der Waals surface area contributed by atoms with Gasteiger partial charge in [-0.15, -0.1) is 0 Å². The molecule has 0 radical (unpaired) electrons. The van der Waals surface area contributed by atoms with Crippen molar-refractivity contribution in [3.63, 3.8) is 0 Å². The first kappa shape index (κ1) is 17.7. The van der Waals surface area contributed by atoms with Gasteiger partial charge in [0, 0.05) is 17.4 Å². The molecular weight excluding hydrogens is 336 g/mol. The highest BCUT2D eigenvalue weighted by molar-refractivity contribution is 7.98. The third kappa shape index (κ3) is 4.60. The molecule has 3 N–H and O–H groups in total. The Balaban J connectivity index is 3.14. The Kier molecular flexibility index (Phi) is 6.74. The fraction of sp³-hybridized carbons (Fsp3) is 0.417. The summed E-state index contributed by atoms with van der Waals surface area (Å²) in [7, 11) is -3.69. The van der Waals surface area contributed by atoms with Crippen LogP contribution in [0.5, 0.6) is 0 Å². The maximum Gasteiger partial charge on any atom is 0.242 e. The fourth-order valence-corrected chi connectivity index (χ4v) is 4.38. The van der Waals surface area contributed by atoms with Crippen molar-refractivity contribution in [3.05, 3.63) is 28.8 Å². The summed E-state index contributed by atoms with van der Waals surface area (Å²) in [6, 6.07) is 4.35. The predicted molar refractivity (Wildman–Crippen MR) is 90.1 cm³/mol. The van der Waals surface area contributed by atoms with E-state index in [1.54, 1.807) is 17.8 Å². The first-order chi connectivity index (χ1) is 9.31. The van der Waals surface area contributed by atoms with Gasteiger partial charge in [-0.05, 0) is 24.8 Å². The van der Waals surface area contributed by atoms with Gasteiger partial charge in [-0.3, -0.25) is 0 Å². The standard InChI is InChI=1S/C12H17ClN2O2S3/c1-3-9(7-19-2)15-20(16,17)11-6-8(12(14)18)4-5-10(11)13/h4-6,9,15H,3,7H2,1-2H3,(H2,14,18). The molecule has 0 aliphatic heterocycles. The van der Waals surface area contributed by atoms with Crippen molar-refractivity contribution < 1.29 is 8.42 Å². The van der Waals surface area contributed by atoms with Gasteiger partial charge in [-0.2, -0.15) is 11.8 Å². The van der Waals surface area contributed by atoms with E-state index in [0.717, 1.165) is 0 Å². The maximum atomic E-state index is 12.4. The average molecular weight is 353 g/mol. The van der Waals surface area contributed by atoms with Crippen molar-refractivity contribution in [3.8, 4) is 0 Å². The van der Waals surface area contributed by atoms with Crippen molar-refractivity contribution in [1.29, 1.82) is 0 Å². The summed E-state index contributed by atoms with van der Waals surface area (Å²) < 4.78 is 27.4. The number of hydrogen-bond donors (Lipinski definition) is 2. The third-order valence-corrected chi connectivity index (χ3v) is 5.66. The van der Waals surface area contributed by atoms with Crippen LogP contribution in [0.3, 0.4) is 0 Å². The van der Waals surface area contributed by atoms with Gasteiger partial charge in [0.1, 0.15) is 9.88 Å². The summed E-state index contributed by atoms with van der Waals surface area (Å²) >= 11 is 12.4. The second-order valence-electron chi connectivity index (χ2n) is 4.19. The van der Waals surface area contributed by atoms with Crippen molar-refractivity contribution in [1.82, 2.24) is 4.72 Å². The molecule has 0 saturated heterocycles. The number of nitrogens with one attached hydrogen (secondary N) is 1. The molecule has 1 rings (SSSR count). The van der Waals surface area contributed by atoms with E-state index in [1.165, 1.54) is 12.1 Å². The molecule has 1 unspecified atom stereocenters. The van der Waals surface area contributed by atoms with Gasteiger partial charge in [-0.1, -0.05) is 36.8 Å². The summed E-state index contributed by atoms with van der Waals surface area (Å²) in [5, 5.41) is 0.150. The van der Waals surface area contributed by atoms with E-state index in [1.807, 2.05) is 13.2 Å². The minimum atomic E-state index is -3.69. The lowest BCUT2D eigenvalue weighted by molar-refractivity contribution is 0.558. The van der Waals surface area contributed by atoms with Crippen molar-refractivity contribution in [2.24, 2.45) is 5.73 Å². The highest BCUT2D eigenvalue weighted by Crippen LogP contribution is 2.23. The van der Waals surface area contributed by atoms with Gasteiger partial charge in [0.2, 0.25) is 10.0 Å². The molecule has 112 valence electrons. The second-order valence-corrected chi connectivity index (χ2v) is 7.63. The topological polar surface area (TPSA) is 72.2 Å². The monoisotopic (exact) mass is 352 g/mol. The van der Waals surface area contributed by atoms with E-state index < -0.39 is 10.0 Å². The molecule has 0 aromatic heterocycles. The van der Waals surface area contributed by atoms with Crippen LogP contribution in [-0.4, -0.2) is 31.5 Å². The predicted octanol–water partition coefficient (Wildman–Crippen LogP) is 2.39. The third-order valence-electron chi connectivity index (χ3n) is 2.69. The molecule has 1 atom stereocenters. The number of benzene rings is 1. The van der Waals surface area contributed by atoms with Gasteiger partial charge in [-0.25, -0.2) is 13.1 Å². The smallest absolute Gasteiger partial charge is 0.242 e. The largest absolute Gasteiger partial charge is 0.389 e. The molecule has 0 heterocycles. The average Bonchev–Trinajstić information content (AvgIpc) is 2.37. The Morgan fingerprint density at radius 3 is 2.70 bits per heavy atom. The maximum absolute atomic E-state index is 12.4. The minimum absolute atomic E-state index is 0.00372. The number of thioether (sulfide) groups is 1. The Hall–Kier alpha value is -0.340. The minimum Gasteiger partial charge on any atom is -0.389 e. The lowest BCUT2D eigenvalue weighted by Crippen LogP contribution is -2.36. The Labute approximate surface area is 134 Å². The van der Waals surface area contributed by atoms with Crippen LogP contribution in [0.4, 0.5) is 0 Å². The highest BCUT2D eigenvalue weighted by atomic mass is 35.5. The van der Waals surface area contributed by atoms with E-state index in [9.17, 15) is 8.42 Å². The molecule has 0 amide bonds. The van der Waals surface area contributed by atoms with E-state index in [-0.39, 0.29) is 20.9 Å². The lowest BCUT2D eigenvalue weighted by Gasteiger charge is -2.17. The van der Waals surface area contributed by atoms with Crippen LogP contribution in [-0.2, 0) is 10.0 Å². The molecule has 1 aromatic rings. The zero-order valence-corrected chi connectivity index (χ0v) is 14.4. The molecule has 0 aliphatic rings. The molecule has 0 aliphatic carbocycles. The molecule has 4 nitrogen and oxygen atoms in total. The zero-order chi connectivity index (χ0) is 15.3. The van der Waals surface area contributed by atoms with Crippen LogP contribution >= 0.6 is 35.6 Å². The van der Waals surface area contributed by atoms with Crippen LogP contribution in [0.2, 0.25) is 5.02 Å². The van der Waals surface area contributed by atoms with Crippen LogP contribution < -0.4 is 10.5 Å². The molecule has 20 heavy (non-hydrogen) atoms. The number of rotatable bonds is 7. The summed E-state index contributed by atoms with van der Waals surface area (Å²) in [5.41, 5.74) is 6.00. The lowest BCUT2D eigenvalue weighted by atomic mass is 10.2. The van der Waals surface area contributed by atoms with E-state index in [0.29, 0.717) is 17.7 Å². The molecule has 0 spiro atoms. The van der Waals surface area contributed by atoms with Gasteiger partial charge >= 0.3 is 0 Å². The van der Waals surface area contributed by atoms with Crippen LogP contribution in [0.1, 0.15) is 18.9 Å².